The van der Waals surface area contributed by atoms with Crippen molar-refractivity contribution in [2.45, 2.75) is 33.1 Å². The standard InChI is InChI=1S/C9H15ClO3/c1-3-9(4-2,5-6-11)8(12)13-7-10/h6H,3-5,7H2,1-2H3. The molecule has 0 heterocycles. The van der Waals surface area contributed by atoms with Crippen molar-refractivity contribution in [3.8, 4) is 0 Å². The van der Waals surface area contributed by atoms with E-state index in [1.165, 1.54) is 0 Å². The molecule has 0 saturated carbocycles. The zero-order valence-electron chi connectivity index (χ0n) is 8.01. The van der Waals surface area contributed by atoms with Gasteiger partial charge < -0.3 is 9.53 Å². The average molecular weight is 207 g/mol. The van der Waals surface area contributed by atoms with Crippen LogP contribution in [-0.4, -0.2) is 18.3 Å². The van der Waals surface area contributed by atoms with Crippen molar-refractivity contribution in [2.24, 2.45) is 5.41 Å². The first-order valence-corrected chi connectivity index (χ1v) is 4.87. The Kier molecular flexibility index (Phi) is 5.71. The van der Waals surface area contributed by atoms with Crippen LogP contribution < -0.4 is 0 Å². The number of carbonyl (C=O) groups excluding carboxylic acids is 2. The molecule has 0 bridgehead atoms. The molecule has 4 heteroatoms. The highest BCUT2D eigenvalue weighted by atomic mass is 35.5. The Morgan fingerprint density at radius 1 is 1.46 bits per heavy atom. The molecular weight excluding hydrogens is 192 g/mol. The molecule has 0 aromatic rings. The third-order valence-corrected chi connectivity index (χ3v) is 2.56. The lowest BCUT2D eigenvalue weighted by Gasteiger charge is -2.26. The van der Waals surface area contributed by atoms with Crippen molar-refractivity contribution in [1.82, 2.24) is 0 Å². The van der Waals surface area contributed by atoms with Gasteiger partial charge in [0.15, 0.2) is 6.07 Å². The fourth-order valence-electron chi connectivity index (χ4n) is 1.27. The van der Waals surface area contributed by atoms with Crippen molar-refractivity contribution in [2.75, 3.05) is 6.07 Å². The number of aldehydes is 1. The number of carbonyl (C=O) groups is 2. The van der Waals surface area contributed by atoms with Gasteiger partial charge in [-0.25, -0.2) is 0 Å². The Balaban J connectivity index is 4.52. The van der Waals surface area contributed by atoms with Gasteiger partial charge in [-0.15, -0.1) is 0 Å². The molecule has 0 amide bonds. The fraction of sp³-hybridized carbons (Fsp3) is 0.778. The van der Waals surface area contributed by atoms with Crippen LogP contribution in [0.1, 0.15) is 33.1 Å². The monoisotopic (exact) mass is 206 g/mol. The van der Waals surface area contributed by atoms with E-state index in [-0.39, 0.29) is 18.5 Å². The van der Waals surface area contributed by atoms with E-state index in [0.717, 1.165) is 6.29 Å². The highest BCUT2D eigenvalue weighted by Crippen LogP contribution is 2.31. The first-order valence-electron chi connectivity index (χ1n) is 4.33. The van der Waals surface area contributed by atoms with Crippen LogP contribution in [-0.2, 0) is 14.3 Å². The first-order chi connectivity index (χ1) is 6.16. The second-order valence-corrected chi connectivity index (χ2v) is 3.12. The fourth-order valence-corrected chi connectivity index (χ4v) is 1.37. The van der Waals surface area contributed by atoms with E-state index < -0.39 is 5.41 Å². The SMILES string of the molecule is CCC(CC)(CC=O)C(=O)OCCl. The van der Waals surface area contributed by atoms with Gasteiger partial charge in [0.1, 0.15) is 6.29 Å². The third kappa shape index (κ3) is 2.99. The van der Waals surface area contributed by atoms with Crippen LogP contribution in [0.25, 0.3) is 0 Å². The summed E-state index contributed by atoms with van der Waals surface area (Å²) in [5.41, 5.74) is -0.670. The van der Waals surface area contributed by atoms with Crippen LogP contribution in [0.5, 0.6) is 0 Å². The summed E-state index contributed by atoms with van der Waals surface area (Å²) in [7, 11) is 0. The molecule has 0 rings (SSSR count). The molecule has 0 aromatic carbocycles. The van der Waals surface area contributed by atoms with Crippen molar-refractivity contribution >= 4 is 23.9 Å². The molecule has 0 aromatic heterocycles. The Labute approximate surface area is 83.4 Å². The van der Waals surface area contributed by atoms with Gasteiger partial charge in [0, 0.05) is 6.42 Å². The second kappa shape index (κ2) is 5.97. The molecule has 13 heavy (non-hydrogen) atoms. The van der Waals surface area contributed by atoms with Gasteiger partial charge in [0.05, 0.1) is 5.41 Å². The molecule has 0 saturated heterocycles. The Bertz CT molecular complexity index is 176. The van der Waals surface area contributed by atoms with Crippen LogP contribution in [0.4, 0.5) is 0 Å². The lowest BCUT2D eigenvalue weighted by Crippen LogP contribution is -2.32. The number of hydrogen-bond acceptors (Lipinski definition) is 3. The predicted molar refractivity (Wildman–Crippen MR) is 50.5 cm³/mol. The summed E-state index contributed by atoms with van der Waals surface area (Å²) in [6.45, 7) is 3.73. The topological polar surface area (TPSA) is 43.4 Å². The number of ether oxygens (including phenoxy) is 1. The zero-order chi connectivity index (χ0) is 10.3. The summed E-state index contributed by atoms with van der Waals surface area (Å²) in [6.07, 6.45) is 2.15. The molecule has 0 aliphatic carbocycles. The minimum absolute atomic E-state index is 0.153. The maximum Gasteiger partial charge on any atom is 0.313 e. The highest BCUT2D eigenvalue weighted by molar-refractivity contribution is 6.17. The van der Waals surface area contributed by atoms with E-state index in [1.807, 2.05) is 13.8 Å². The molecule has 0 spiro atoms. The van der Waals surface area contributed by atoms with Gasteiger partial charge >= 0.3 is 5.97 Å². The normalized spacial score (nSPS) is 11.0. The van der Waals surface area contributed by atoms with Crippen LogP contribution in [0, 0.1) is 5.41 Å². The minimum atomic E-state index is -0.670. The Morgan fingerprint density at radius 3 is 2.31 bits per heavy atom. The number of halogens is 1. The largest absolute Gasteiger partial charge is 0.449 e. The van der Waals surface area contributed by atoms with E-state index in [1.54, 1.807) is 0 Å². The van der Waals surface area contributed by atoms with E-state index >= 15 is 0 Å². The van der Waals surface area contributed by atoms with Crippen molar-refractivity contribution < 1.29 is 14.3 Å². The summed E-state index contributed by atoms with van der Waals surface area (Å²) in [5.74, 6) is -0.375. The lowest BCUT2D eigenvalue weighted by molar-refractivity contribution is -0.155. The summed E-state index contributed by atoms with van der Waals surface area (Å²) in [4.78, 5) is 21.9. The molecule has 0 fully saturated rings. The Morgan fingerprint density at radius 2 is 2.00 bits per heavy atom. The van der Waals surface area contributed by atoms with E-state index in [4.69, 9.17) is 16.3 Å². The second-order valence-electron chi connectivity index (χ2n) is 2.90. The van der Waals surface area contributed by atoms with Gasteiger partial charge in [0.25, 0.3) is 0 Å². The average Bonchev–Trinajstić information content (AvgIpc) is 2.14. The number of hydrogen-bond donors (Lipinski definition) is 0. The van der Waals surface area contributed by atoms with Gasteiger partial charge in [-0.1, -0.05) is 25.4 Å². The molecule has 0 aliphatic heterocycles. The van der Waals surface area contributed by atoms with Crippen molar-refractivity contribution in [3.05, 3.63) is 0 Å². The molecule has 0 N–H and O–H groups in total. The van der Waals surface area contributed by atoms with E-state index in [9.17, 15) is 9.59 Å². The third-order valence-electron chi connectivity index (χ3n) is 2.45. The van der Waals surface area contributed by atoms with E-state index in [0.29, 0.717) is 12.8 Å². The van der Waals surface area contributed by atoms with Gasteiger partial charge in [-0.3, -0.25) is 4.79 Å². The van der Waals surface area contributed by atoms with Crippen molar-refractivity contribution in [3.63, 3.8) is 0 Å². The number of esters is 1. The molecule has 3 nitrogen and oxygen atoms in total. The van der Waals surface area contributed by atoms with Crippen LogP contribution >= 0.6 is 11.6 Å². The highest BCUT2D eigenvalue weighted by Gasteiger charge is 2.35. The van der Waals surface area contributed by atoms with Crippen LogP contribution in [0.15, 0.2) is 0 Å². The number of rotatable bonds is 6. The smallest absolute Gasteiger partial charge is 0.313 e. The minimum Gasteiger partial charge on any atom is -0.449 e. The predicted octanol–water partition coefficient (Wildman–Crippen LogP) is 2.12. The maximum atomic E-state index is 11.5. The maximum absolute atomic E-state index is 11.5. The quantitative estimate of drug-likeness (QED) is 0.380. The molecule has 0 radical (unpaired) electrons. The molecule has 0 atom stereocenters. The number of alkyl halides is 1. The summed E-state index contributed by atoms with van der Waals surface area (Å²) < 4.78 is 4.71. The lowest BCUT2D eigenvalue weighted by atomic mass is 9.80. The van der Waals surface area contributed by atoms with Gasteiger partial charge in [-0.05, 0) is 12.8 Å². The van der Waals surface area contributed by atoms with Gasteiger partial charge in [0.2, 0.25) is 0 Å². The summed E-state index contributed by atoms with van der Waals surface area (Å²) >= 11 is 5.29. The first kappa shape index (κ1) is 12.4. The molecule has 0 unspecified atom stereocenters. The van der Waals surface area contributed by atoms with Crippen LogP contribution in [0.2, 0.25) is 0 Å². The van der Waals surface area contributed by atoms with Crippen LogP contribution in [0.3, 0.4) is 0 Å². The molecule has 76 valence electrons. The summed E-state index contributed by atoms with van der Waals surface area (Å²) in [6, 6.07) is -0.153. The van der Waals surface area contributed by atoms with Crippen molar-refractivity contribution in [1.29, 1.82) is 0 Å². The molecular formula is C9H15ClO3. The zero-order valence-corrected chi connectivity index (χ0v) is 8.76. The van der Waals surface area contributed by atoms with E-state index in [2.05, 4.69) is 0 Å². The summed E-state index contributed by atoms with van der Waals surface area (Å²) in [5, 5.41) is 0. The van der Waals surface area contributed by atoms with Gasteiger partial charge in [-0.2, -0.15) is 0 Å². The molecule has 0 aliphatic rings. The Hall–Kier alpha value is -0.570.